The average Bonchev–Trinajstić information content (AvgIpc) is 2.20. The van der Waals surface area contributed by atoms with Gasteiger partial charge in [0.15, 0.2) is 0 Å². The number of hydrogen-bond donors (Lipinski definition) is 1. The Morgan fingerprint density at radius 1 is 1.56 bits per heavy atom. The zero-order chi connectivity index (χ0) is 12.3. The summed E-state index contributed by atoms with van der Waals surface area (Å²) in [7, 11) is 0. The number of nitrogens with zero attached hydrogens (tertiary/aromatic N) is 2. The molecule has 1 rings (SSSR count). The van der Waals surface area contributed by atoms with Gasteiger partial charge in [-0.15, -0.1) is 0 Å². The van der Waals surface area contributed by atoms with E-state index >= 15 is 0 Å². The minimum atomic E-state index is -0.470. The van der Waals surface area contributed by atoms with Crippen molar-refractivity contribution in [2.24, 2.45) is 5.92 Å². The smallest absolute Gasteiger partial charge is 0.287 e. The van der Waals surface area contributed by atoms with Crippen LogP contribution >= 0.6 is 0 Å². The minimum absolute atomic E-state index is 0.0136. The van der Waals surface area contributed by atoms with Crippen LogP contribution < -0.4 is 0 Å². The van der Waals surface area contributed by atoms with E-state index in [1.54, 1.807) is 6.92 Å². The van der Waals surface area contributed by atoms with Crippen molar-refractivity contribution in [3.63, 3.8) is 0 Å². The molecule has 1 aromatic heterocycles. The Balaban J connectivity index is 2.87. The van der Waals surface area contributed by atoms with Crippen molar-refractivity contribution in [3.05, 3.63) is 33.6 Å². The predicted octanol–water partition coefficient (Wildman–Crippen LogP) is 1.86. The quantitative estimate of drug-likeness (QED) is 0.625. The maximum absolute atomic E-state index is 10.5. The van der Waals surface area contributed by atoms with Gasteiger partial charge in [-0.3, -0.25) is 15.1 Å². The predicted molar refractivity (Wildman–Crippen MR) is 60.2 cm³/mol. The van der Waals surface area contributed by atoms with Gasteiger partial charge in [-0.05, 0) is 18.4 Å². The van der Waals surface area contributed by atoms with Gasteiger partial charge in [-0.2, -0.15) is 0 Å². The highest BCUT2D eigenvalue weighted by Gasteiger charge is 2.15. The first-order valence-electron chi connectivity index (χ1n) is 5.19. The maximum Gasteiger partial charge on any atom is 0.287 e. The van der Waals surface area contributed by atoms with Crippen LogP contribution in [0.3, 0.4) is 0 Å². The van der Waals surface area contributed by atoms with Gasteiger partial charge in [0.2, 0.25) is 0 Å². The van der Waals surface area contributed by atoms with Crippen LogP contribution in [0.25, 0.3) is 0 Å². The van der Waals surface area contributed by atoms with Crippen LogP contribution in [0.5, 0.6) is 0 Å². The van der Waals surface area contributed by atoms with Crippen LogP contribution in [0.15, 0.2) is 12.3 Å². The van der Waals surface area contributed by atoms with E-state index in [2.05, 4.69) is 4.98 Å². The minimum Gasteiger partial charge on any atom is -0.392 e. The molecule has 1 N–H and O–H groups in total. The highest BCUT2D eigenvalue weighted by atomic mass is 16.6. The van der Waals surface area contributed by atoms with Crippen molar-refractivity contribution in [2.75, 3.05) is 0 Å². The van der Waals surface area contributed by atoms with Crippen molar-refractivity contribution >= 4 is 5.69 Å². The molecule has 1 atom stereocenters. The van der Waals surface area contributed by atoms with Crippen LogP contribution in [-0.4, -0.2) is 21.1 Å². The molecule has 0 amide bonds. The highest BCUT2D eigenvalue weighted by molar-refractivity contribution is 5.33. The molecule has 5 nitrogen and oxygen atoms in total. The molecule has 0 fully saturated rings. The van der Waals surface area contributed by atoms with Gasteiger partial charge in [0.1, 0.15) is 6.20 Å². The van der Waals surface area contributed by atoms with Crippen LogP contribution in [-0.2, 0) is 6.42 Å². The van der Waals surface area contributed by atoms with Gasteiger partial charge >= 0.3 is 0 Å². The molecule has 1 unspecified atom stereocenters. The second kappa shape index (κ2) is 5.03. The number of nitro groups is 1. The fourth-order valence-corrected chi connectivity index (χ4v) is 1.34. The van der Waals surface area contributed by atoms with Crippen molar-refractivity contribution in [2.45, 2.75) is 33.3 Å². The second-order valence-electron chi connectivity index (χ2n) is 4.23. The lowest BCUT2D eigenvalue weighted by molar-refractivity contribution is -0.385. The number of aliphatic hydroxyl groups is 1. The molecule has 1 aromatic rings. The van der Waals surface area contributed by atoms with Crippen LogP contribution in [0.2, 0.25) is 0 Å². The van der Waals surface area contributed by atoms with Gasteiger partial charge in [0.05, 0.1) is 11.0 Å². The van der Waals surface area contributed by atoms with Crippen molar-refractivity contribution < 1.29 is 10.0 Å². The molecule has 1 heterocycles. The Labute approximate surface area is 94.3 Å². The molecule has 5 heteroatoms. The summed E-state index contributed by atoms with van der Waals surface area (Å²) in [6, 6.07) is 1.48. The first kappa shape index (κ1) is 12.6. The summed E-state index contributed by atoms with van der Waals surface area (Å²) in [6.07, 6.45) is 1.20. The Morgan fingerprint density at radius 2 is 2.19 bits per heavy atom. The Bertz CT molecular complexity index is 391. The molecule has 0 spiro atoms. The molecular formula is C11H16N2O3. The molecule has 0 bridgehead atoms. The fourth-order valence-electron chi connectivity index (χ4n) is 1.34. The summed E-state index contributed by atoms with van der Waals surface area (Å²) in [4.78, 5) is 14.1. The van der Waals surface area contributed by atoms with E-state index in [0.29, 0.717) is 12.1 Å². The van der Waals surface area contributed by atoms with E-state index in [1.807, 2.05) is 13.8 Å². The van der Waals surface area contributed by atoms with Crippen molar-refractivity contribution in [1.29, 1.82) is 0 Å². The molecule has 16 heavy (non-hydrogen) atoms. The van der Waals surface area contributed by atoms with Crippen LogP contribution in [0.4, 0.5) is 5.69 Å². The van der Waals surface area contributed by atoms with E-state index in [1.165, 1.54) is 12.3 Å². The SMILES string of the molecule is Cc1cc([N+](=O)[O-])cnc1CC(O)C(C)C. The van der Waals surface area contributed by atoms with Crippen molar-refractivity contribution in [1.82, 2.24) is 4.98 Å². The topological polar surface area (TPSA) is 76.3 Å². The molecule has 0 aromatic carbocycles. The fraction of sp³-hybridized carbons (Fsp3) is 0.545. The van der Waals surface area contributed by atoms with Gasteiger partial charge in [-0.25, -0.2) is 0 Å². The summed E-state index contributed by atoms with van der Waals surface area (Å²) >= 11 is 0. The lowest BCUT2D eigenvalue weighted by Gasteiger charge is -2.14. The van der Waals surface area contributed by atoms with Gasteiger partial charge in [0.25, 0.3) is 5.69 Å². The highest BCUT2D eigenvalue weighted by Crippen LogP contribution is 2.17. The van der Waals surface area contributed by atoms with Crippen LogP contribution in [0.1, 0.15) is 25.1 Å². The molecule has 0 aliphatic rings. The lowest BCUT2D eigenvalue weighted by atomic mass is 10.0. The van der Waals surface area contributed by atoms with Gasteiger partial charge < -0.3 is 5.11 Å². The van der Waals surface area contributed by atoms with E-state index in [0.717, 1.165) is 5.56 Å². The lowest BCUT2D eigenvalue weighted by Crippen LogP contribution is -2.19. The Hall–Kier alpha value is -1.49. The third kappa shape index (κ3) is 3.00. The zero-order valence-electron chi connectivity index (χ0n) is 9.67. The summed E-state index contributed by atoms with van der Waals surface area (Å²) in [6.45, 7) is 5.61. The number of aromatic nitrogens is 1. The van der Waals surface area contributed by atoms with E-state index in [-0.39, 0.29) is 11.6 Å². The molecule has 0 saturated heterocycles. The first-order valence-corrected chi connectivity index (χ1v) is 5.19. The van der Waals surface area contributed by atoms with Gasteiger partial charge in [0, 0.05) is 18.2 Å². The first-order chi connectivity index (χ1) is 7.41. The average molecular weight is 224 g/mol. The van der Waals surface area contributed by atoms with E-state index in [4.69, 9.17) is 0 Å². The molecule has 88 valence electrons. The maximum atomic E-state index is 10.5. The third-order valence-electron chi connectivity index (χ3n) is 2.56. The van der Waals surface area contributed by atoms with E-state index in [9.17, 15) is 15.2 Å². The largest absolute Gasteiger partial charge is 0.392 e. The summed E-state index contributed by atoms with van der Waals surface area (Å²) in [5, 5.41) is 20.2. The summed E-state index contributed by atoms with van der Waals surface area (Å²) in [5.74, 6) is 0.149. The number of hydrogen-bond acceptors (Lipinski definition) is 4. The van der Waals surface area contributed by atoms with Crippen molar-refractivity contribution in [3.8, 4) is 0 Å². The number of aliphatic hydroxyl groups excluding tert-OH is 1. The molecule has 0 aliphatic heterocycles. The normalized spacial score (nSPS) is 12.8. The summed E-state index contributed by atoms with van der Waals surface area (Å²) < 4.78 is 0. The molecule has 0 aliphatic carbocycles. The third-order valence-corrected chi connectivity index (χ3v) is 2.56. The number of rotatable bonds is 4. The number of pyridine rings is 1. The second-order valence-corrected chi connectivity index (χ2v) is 4.23. The monoisotopic (exact) mass is 224 g/mol. The Kier molecular flexibility index (Phi) is 3.95. The van der Waals surface area contributed by atoms with Gasteiger partial charge in [-0.1, -0.05) is 13.8 Å². The number of aryl methyl sites for hydroxylation is 1. The standard InChI is InChI=1S/C11H16N2O3/c1-7(2)11(14)5-10-8(3)4-9(6-12-10)13(15)16/h4,6-7,11,14H,5H2,1-3H3. The van der Waals surface area contributed by atoms with Crippen LogP contribution in [0, 0.1) is 23.0 Å². The zero-order valence-corrected chi connectivity index (χ0v) is 9.67. The summed E-state index contributed by atoms with van der Waals surface area (Å²) in [5.41, 5.74) is 1.45. The molecule has 0 saturated carbocycles. The molecule has 0 radical (unpaired) electrons. The molecular weight excluding hydrogens is 208 g/mol. The Morgan fingerprint density at radius 3 is 2.62 bits per heavy atom. The van der Waals surface area contributed by atoms with E-state index < -0.39 is 11.0 Å².